The van der Waals surface area contributed by atoms with Crippen LogP contribution in [0.1, 0.15) is 36.9 Å². The Kier molecular flexibility index (Phi) is 9.39. The normalized spacial score (nSPS) is 15.9. The van der Waals surface area contributed by atoms with E-state index in [4.69, 9.17) is 21.3 Å². The molecule has 0 aromatic heterocycles. The number of nitrogens with one attached hydrogen (secondary N) is 1. The number of hydrogen-bond donors (Lipinski definition) is 1. The van der Waals surface area contributed by atoms with Crippen molar-refractivity contribution in [1.29, 1.82) is 0 Å². The molecule has 0 saturated carbocycles. The van der Waals surface area contributed by atoms with Crippen molar-refractivity contribution in [2.45, 2.75) is 31.1 Å². The first kappa shape index (κ1) is 28.5. The van der Waals surface area contributed by atoms with Crippen LogP contribution in [0.3, 0.4) is 0 Å². The van der Waals surface area contributed by atoms with Gasteiger partial charge in [0.25, 0.3) is 0 Å². The second-order valence-corrected chi connectivity index (χ2v) is 11.1. The number of nitrogens with zero attached hydrogens (tertiary/aromatic N) is 2. The van der Waals surface area contributed by atoms with Crippen molar-refractivity contribution in [2.24, 2.45) is 4.99 Å². The number of halogens is 1. The van der Waals surface area contributed by atoms with Crippen molar-refractivity contribution < 1.29 is 14.3 Å². The Hall–Kier alpha value is -4.07. The molecule has 1 saturated heterocycles. The molecule has 1 atom stereocenters. The summed E-state index contributed by atoms with van der Waals surface area (Å²) < 4.78 is 5.62. The van der Waals surface area contributed by atoms with Gasteiger partial charge in [-0.25, -0.2) is 4.99 Å². The van der Waals surface area contributed by atoms with Crippen LogP contribution in [0.25, 0.3) is 0 Å². The molecule has 4 aromatic carbocycles. The van der Waals surface area contributed by atoms with Crippen LogP contribution >= 0.6 is 23.4 Å². The van der Waals surface area contributed by atoms with Crippen molar-refractivity contribution in [3.05, 3.63) is 125 Å². The molecule has 8 heteroatoms. The highest BCUT2D eigenvalue weighted by Crippen LogP contribution is 2.40. The van der Waals surface area contributed by atoms with Crippen molar-refractivity contribution in [3.63, 3.8) is 0 Å². The molecule has 0 aliphatic carbocycles. The first-order chi connectivity index (χ1) is 20.0. The Balaban J connectivity index is 1.43. The number of amides is 2. The monoisotopic (exact) mass is 583 g/mol. The number of ether oxygens (including phenoxy) is 1. The third-order valence-corrected chi connectivity index (χ3v) is 7.89. The highest BCUT2D eigenvalue weighted by Gasteiger charge is 2.43. The van der Waals surface area contributed by atoms with Gasteiger partial charge in [-0.1, -0.05) is 91.0 Å². The molecule has 0 unspecified atom stereocenters. The summed E-state index contributed by atoms with van der Waals surface area (Å²) in [5, 5.41) is 3.42. The predicted molar refractivity (Wildman–Crippen MR) is 167 cm³/mol. The number of benzene rings is 4. The van der Waals surface area contributed by atoms with Crippen LogP contribution in [0.5, 0.6) is 5.75 Å². The van der Waals surface area contributed by atoms with E-state index in [1.54, 1.807) is 29.2 Å². The van der Waals surface area contributed by atoms with Gasteiger partial charge < -0.3 is 10.1 Å². The number of carbonyl (C=O) groups excluding carboxylic acids is 2. The fourth-order valence-corrected chi connectivity index (χ4v) is 5.85. The largest absolute Gasteiger partial charge is 0.494 e. The maximum absolute atomic E-state index is 14.1. The van der Waals surface area contributed by atoms with Gasteiger partial charge in [0.15, 0.2) is 5.17 Å². The first-order valence-corrected chi connectivity index (χ1v) is 14.7. The molecule has 6 nitrogen and oxygen atoms in total. The minimum absolute atomic E-state index is 0.00399. The molecule has 1 fully saturated rings. The quantitative estimate of drug-likeness (QED) is 0.206. The molecule has 1 heterocycles. The summed E-state index contributed by atoms with van der Waals surface area (Å²) in [6, 6.07) is 33.7. The van der Waals surface area contributed by atoms with Gasteiger partial charge in [0.05, 0.1) is 18.3 Å². The predicted octanol–water partition coefficient (Wildman–Crippen LogP) is 7.88. The van der Waals surface area contributed by atoms with Crippen molar-refractivity contribution in [1.82, 2.24) is 4.90 Å². The van der Waals surface area contributed by atoms with Crippen LogP contribution in [0.2, 0.25) is 5.02 Å². The zero-order valence-electron chi connectivity index (χ0n) is 22.6. The molecule has 0 radical (unpaired) electrons. The lowest BCUT2D eigenvalue weighted by Gasteiger charge is -2.29. The minimum Gasteiger partial charge on any atom is -0.494 e. The van der Waals surface area contributed by atoms with Crippen LogP contribution in [-0.2, 0) is 9.59 Å². The van der Waals surface area contributed by atoms with E-state index < -0.39 is 11.3 Å². The summed E-state index contributed by atoms with van der Waals surface area (Å²) in [6.07, 6.45) is 0.922. The SMILES string of the molecule is CCCOc1ccc(NC(=O)C[C@H]2SC(=Nc3ccc(Cl)cc3)N(C(c3ccccc3)c3ccccc3)C2=O)cc1. The lowest BCUT2D eigenvalue weighted by atomic mass is 9.97. The average Bonchev–Trinajstić information content (AvgIpc) is 3.28. The fourth-order valence-electron chi connectivity index (χ4n) is 4.55. The smallest absolute Gasteiger partial charge is 0.243 e. The van der Waals surface area contributed by atoms with Crippen molar-refractivity contribution >= 4 is 51.7 Å². The van der Waals surface area contributed by atoms with E-state index in [1.807, 2.05) is 91.9 Å². The Morgan fingerprint density at radius 1 is 0.927 bits per heavy atom. The summed E-state index contributed by atoms with van der Waals surface area (Å²) in [5.74, 6) is 0.332. The molecule has 208 valence electrons. The van der Waals surface area contributed by atoms with E-state index in [0.29, 0.717) is 28.2 Å². The molecular formula is C33H30ClN3O3S. The summed E-state index contributed by atoms with van der Waals surface area (Å²) in [7, 11) is 0. The van der Waals surface area contributed by atoms with Crippen LogP contribution in [-0.4, -0.2) is 33.7 Å². The van der Waals surface area contributed by atoms with Gasteiger partial charge in [-0.2, -0.15) is 0 Å². The van der Waals surface area contributed by atoms with E-state index in [0.717, 1.165) is 23.3 Å². The Morgan fingerprint density at radius 2 is 1.54 bits per heavy atom. The standard InChI is InChI=1S/C33H30ClN3O3S/c1-2-21-40-28-19-17-26(18-20-28)35-30(38)22-29-32(39)37(33(41-29)36-27-15-13-25(34)14-16-27)31(23-9-5-3-6-10-23)24-11-7-4-8-12-24/h3-20,29,31H,2,21-22H2,1H3,(H,35,38)/t29-/m1/s1. The number of carbonyl (C=O) groups is 2. The van der Waals surface area contributed by atoms with E-state index in [1.165, 1.54) is 11.8 Å². The molecule has 1 aliphatic heterocycles. The topological polar surface area (TPSA) is 71.0 Å². The number of anilines is 1. The van der Waals surface area contributed by atoms with Crippen LogP contribution in [0.4, 0.5) is 11.4 Å². The lowest BCUT2D eigenvalue weighted by molar-refractivity contribution is -0.129. The summed E-state index contributed by atoms with van der Waals surface area (Å²) in [5.41, 5.74) is 3.22. The second kappa shape index (κ2) is 13.5. The Morgan fingerprint density at radius 3 is 2.12 bits per heavy atom. The molecule has 0 bridgehead atoms. The molecule has 4 aromatic rings. The van der Waals surface area contributed by atoms with Gasteiger partial charge in [0.2, 0.25) is 11.8 Å². The highest BCUT2D eigenvalue weighted by atomic mass is 35.5. The minimum atomic E-state index is -0.636. The first-order valence-electron chi connectivity index (χ1n) is 13.5. The van der Waals surface area contributed by atoms with Gasteiger partial charge >= 0.3 is 0 Å². The van der Waals surface area contributed by atoms with Gasteiger partial charge in [-0.3, -0.25) is 14.5 Å². The van der Waals surface area contributed by atoms with Crippen molar-refractivity contribution in [2.75, 3.05) is 11.9 Å². The number of thioether (sulfide) groups is 1. The Bertz CT molecular complexity index is 1460. The second-order valence-electron chi connectivity index (χ2n) is 9.53. The van der Waals surface area contributed by atoms with E-state index in [2.05, 4.69) is 5.32 Å². The van der Waals surface area contributed by atoms with Gasteiger partial charge in [-0.05, 0) is 66.1 Å². The molecule has 1 aliphatic rings. The average molecular weight is 584 g/mol. The molecule has 0 spiro atoms. The number of rotatable bonds is 10. The van der Waals surface area contributed by atoms with E-state index in [9.17, 15) is 9.59 Å². The Labute approximate surface area is 249 Å². The lowest BCUT2D eigenvalue weighted by Crippen LogP contribution is -2.37. The van der Waals surface area contributed by atoms with Gasteiger partial charge in [0.1, 0.15) is 11.0 Å². The van der Waals surface area contributed by atoms with Crippen LogP contribution in [0, 0.1) is 0 Å². The summed E-state index contributed by atoms with van der Waals surface area (Å²) in [6.45, 7) is 2.68. The third-order valence-electron chi connectivity index (χ3n) is 6.49. The molecule has 41 heavy (non-hydrogen) atoms. The molecular weight excluding hydrogens is 554 g/mol. The van der Waals surface area contributed by atoms with Crippen LogP contribution in [0.15, 0.2) is 114 Å². The fraction of sp³-hybridized carbons (Fsp3) is 0.182. The molecule has 2 amide bonds. The van der Waals surface area contributed by atoms with Crippen molar-refractivity contribution in [3.8, 4) is 5.75 Å². The van der Waals surface area contributed by atoms with E-state index >= 15 is 0 Å². The third kappa shape index (κ3) is 7.17. The number of aliphatic imine (C=N–C) groups is 1. The zero-order valence-corrected chi connectivity index (χ0v) is 24.1. The number of amidine groups is 1. The molecule has 1 N–H and O–H groups in total. The maximum atomic E-state index is 14.1. The molecule has 5 rings (SSSR count). The van der Waals surface area contributed by atoms with Crippen LogP contribution < -0.4 is 10.1 Å². The van der Waals surface area contributed by atoms with E-state index in [-0.39, 0.29) is 18.2 Å². The zero-order chi connectivity index (χ0) is 28.6. The summed E-state index contributed by atoms with van der Waals surface area (Å²) in [4.78, 5) is 33.8. The highest BCUT2D eigenvalue weighted by molar-refractivity contribution is 8.15. The van der Waals surface area contributed by atoms with Gasteiger partial charge in [0, 0.05) is 17.1 Å². The summed E-state index contributed by atoms with van der Waals surface area (Å²) >= 11 is 7.41. The maximum Gasteiger partial charge on any atom is 0.243 e. The van der Waals surface area contributed by atoms with Gasteiger partial charge in [-0.15, -0.1) is 0 Å². The number of hydrogen-bond acceptors (Lipinski definition) is 5.